The van der Waals surface area contributed by atoms with Crippen LogP contribution in [0.1, 0.15) is 5.82 Å². The number of benzene rings is 1. The molecule has 2 rings (SSSR count). The van der Waals surface area contributed by atoms with Gasteiger partial charge in [-0.05, 0) is 12.1 Å². The Balaban J connectivity index is 2.14. The van der Waals surface area contributed by atoms with Gasteiger partial charge in [-0.2, -0.15) is 0 Å². The number of sulfonamides is 1. The molecule has 21 heavy (non-hydrogen) atoms. The standard InChI is InChI=1S/C12H12BrCl2N3O2S/c1-18-5-4-16-11(18)2-3-17-21(19,20)12-9(14)6-8(13)7-10(12)15/h4-7,17H,2-3H2,1H3. The van der Waals surface area contributed by atoms with Gasteiger partial charge in [0.1, 0.15) is 10.7 Å². The fourth-order valence-corrected chi connectivity index (χ4v) is 4.76. The molecule has 0 aliphatic heterocycles. The number of nitrogens with one attached hydrogen (secondary N) is 1. The van der Waals surface area contributed by atoms with E-state index in [4.69, 9.17) is 23.2 Å². The minimum atomic E-state index is -3.78. The van der Waals surface area contributed by atoms with Gasteiger partial charge in [0.05, 0.1) is 10.0 Å². The van der Waals surface area contributed by atoms with E-state index in [1.807, 2.05) is 11.6 Å². The van der Waals surface area contributed by atoms with Gasteiger partial charge in [0.25, 0.3) is 0 Å². The zero-order valence-electron chi connectivity index (χ0n) is 11.0. The molecular formula is C12H12BrCl2N3O2S. The summed E-state index contributed by atoms with van der Waals surface area (Å²) in [4.78, 5) is 4.01. The Hall–Kier alpha value is -0.600. The van der Waals surface area contributed by atoms with Gasteiger partial charge in [0.2, 0.25) is 10.0 Å². The summed E-state index contributed by atoms with van der Waals surface area (Å²) < 4.78 is 29.5. The first-order valence-electron chi connectivity index (χ1n) is 5.91. The van der Waals surface area contributed by atoms with Crippen LogP contribution in [0, 0.1) is 0 Å². The summed E-state index contributed by atoms with van der Waals surface area (Å²) in [6, 6.07) is 2.97. The molecule has 1 heterocycles. The predicted octanol–water partition coefficient (Wildman–Crippen LogP) is 3.01. The summed E-state index contributed by atoms with van der Waals surface area (Å²) >= 11 is 15.2. The lowest BCUT2D eigenvalue weighted by molar-refractivity contribution is 0.580. The number of rotatable bonds is 5. The monoisotopic (exact) mass is 411 g/mol. The van der Waals surface area contributed by atoms with Crippen molar-refractivity contribution in [3.8, 4) is 0 Å². The number of imidazole rings is 1. The lowest BCUT2D eigenvalue weighted by Gasteiger charge is -2.10. The van der Waals surface area contributed by atoms with Gasteiger partial charge in [-0.1, -0.05) is 39.1 Å². The van der Waals surface area contributed by atoms with E-state index in [0.29, 0.717) is 10.9 Å². The van der Waals surface area contributed by atoms with E-state index in [-0.39, 0.29) is 21.5 Å². The van der Waals surface area contributed by atoms with Crippen LogP contribution in [-0.2, 0) is 23.5 Å². The predicted molar refractivity (Wildman–Crippen MR) is 86.3 cm³/mol. The van der Waals surface area contributed by atoms with E-state index in [2.05, 4.69) is 25.6 Å². The van der Waals surface area contributed by atoms with Gasteiger partial charge in [0.15, 0.2) is 0 Å². The molecule has 0 radical (unpaired) electrons. The molecule has 114 valence electrons. The third-order valence-electron chi connectivity index (χ3n) is 2.79. The Morgan fingerprint density at radius 3 is 2.48 bits per heavy atom. The van der Waals surface area contributed by atoms with Crippen molar-refractivity contribution in [1.82, 2.24) is 14.3 Å². The molecule has 0 aliphatic rings. The largest absolute Gasteiger partial charge is 0.338 e. The van der Waals surface area contributed by atoms with Crippen molar-refractivity contribution in [3.05, 3.63) is 44.9 Å². The molecule has 1 N–H and O–H groups in total. The summed E-state index contributed by atoms with van der Waals surface area (Å²) in [6.45, 7) is 0.204. The van der Waals surface area contributed by atoms with E-state index < -0.39 is 10.0 Å². The van der Waals surface area contributed by atoms with E-state index in [1.54, 1.807) is 12.4 Å². The number of aryl methyl sites for hydroxylation is 1. The van der Waals surface area contributed by atoms with Crippen LogP contribution in [-0.4, -0.2) is 24.5 Å². The number of hydrogen-bond acceptors (Lipinski definition) is 3. The molecule has 2 aromatic rings. The lowest BCUT2D eigenvalue weighted by atomic mass is 10.4. The summed E-state index contributed by atoms with van der Waals surface area (Å²) in [5.74, 6) is 0.783. The van der Waals surface area contributed by atoms with Crippen LogP contribution in [0.25, 0.3) is 0 Å². The van der Waals surface area contributed by atoms with Gasteiger partial charge < -0.3 is 4.57 Å². The Morgan fingerprint density at radius 1 is 1.33 bits per heavy atom. The normalized spacial score (nSPS) is 11.8. The Kier molecular flexibility index (Phi) is 5.32. The zero-order valence-corrected chi connectivity index (χ0v) is 14.9. The third kappa shape index (κ3) is 3.98. The van der Waals surface area contributed by atoms with Crippen LogP contribution in [0.2, 0.25) is 10.0 Å². The molecular weight excluding hydrogens is 401 g/mol. The number of aromatic nitrogens is 2. The second-order valence-electron chi connectivity index (χ2n) is 4.30. The minimum Gasteiger partial charge on any atom is -0.338 e. The fraction of sp³-hybridized carbons (Fsp3) is 0.250. The van der Waals surface area contributed by atoms with Gasteiger partial charge in [0, 0.05) is 36.9 Å². The van der Waals surface area contributed by atoms with Crippen molar-refractivity contribution < 1.29 is 8.42 Å². The summed E-state index contributed by atoms with van der Waals surface area (Å²) in [6.07, 6.45) is 3.92. The highest BCUT2D eigenvalue weighted by molar-refractivity contribution is 9.10. The van der Waals surface area contributed by atoms with Crippen LogP contribution >= 0.6 is 39.1 Å². The third-order valence-corrected chi connectivity index (χ3v) is 5.63. The van der Waals surface area contributed by atoms with Crippen LogP contribution in [0.4, 0.5) is 0 Å². The maximum Gasteiger partial charge on any atom is 0.243 e. The van der Waals surface area contributed by atoms with E-state index in [9.17, 15) is 8.42 Å². The maximum atomic E-state index is 12.3. The first-order valence-corrected chi connectivity index (χ1v) is 8.95. The van der Waals surface area contributed by atoms with Gasteiger partial charge in [-0.3, -0.25) is 0 Å². The fourth-order valence-electron chi connectivity index (χ4n) is 1.79. The first kappa shape index (κ1) is 16.8. The second kappa shape index (κ2) is 6.66. The number of halogens is 3. The van der Waals surface area contributed by atoms with Gasteiger partial charge in [-0.25, -0.2) is 18.1 Å². The molecule has 0 atom stereocenters. The van der Waals surface area contributed by atoms with Crippen molar-refractivity contribution in [2.45, 2.75) is 11.3 Å². The quantitative estimate of drug-likeness (QED) is 0.820. The smallest absolute Gasteiger partial charge is 0.243 e. The Morgan fingerprint density at radius 2 is 1.95 bits per heavy atom. The highest BCUT2D eigenvalue weighted by Crippen LogP contribution is 2.32. The average Bonchev–Trinajstić information content (AvgIpc) is 2.73. The van der Waals surface area contributed by atoms with E-state index in [1.165, 1.54) is 12.1 Å². The lowest BCUT2D eigenvalue weighted by Crippen LogP contribution is -2.27. The zero-order chi connectivity index (χ0) is 15.6. The van der Waals surface area contributed by atoms with Crippen molar-refractivity contribution >= 4 is 49.2 Å². The van der Waals surface area contributed by atoms with Crippen molar-refractivity contribution in [3.63, 3.8) is 0 Å². The van der Waals surface area contributed by atoms with Crippen LogP contribution in [0.3, 0.4) is 0 Å². The minimum absolute atomic E-state index is 0.0684. The average molecular weight is 413 g/mol. The molecule has 0 bridgehead atoms. The molecule has 9 heteroatoms. The van der Waals surface area contributed by atoms with Gasteiger partial charge >= 0.3 is 0 Å². The van der Waals surface area contributed by atoms with Crippen molar-refractivity contribution in [1.29, 1.82) is 0 Å². The van der Waals surface area contributed by atoms with Crippen molar-refractivity contribution in [2.75, 3.05) is 6.54 Å². The number of nitrogens with zero attached hydrogens (tertiary/aromatic N) is 2. The van der Waals surface area contributed by atoms with Crippen LogP contribution < -0.4 is 4.72 Å². The maximum absolute atomic E-state index is 12.3. The molecule has 0 saturated carbocycles. The molecule has 0 unspecified atom stereocenters. The van der Waals surface area contributed by atoms with Crippen LogP contribution in [0.5, 0.6) is 0 Å². The highest BCUT2D eigenvalue weighted by atomic mass is 79.9. The summed E-state index contributed by atoms with van der Waals surface area (Å²) in [7, 11) is -1.93. The molecule has 0 saturated heterocycles. The topological polar surface area (TPSA) is 64.0 Å². The molecule has 5 nitrogen and oxygen atoms in total. The summed E-state index contributed by atoms with van der Waals surface area (Å²) in [5.41, 5.74) is 0. The molecule has 0 amide bonds. The van der Waals surface area contributed by atoms with E-state index >= 15 is 0 Å². The molecule has 0 aliphatic carbocycles. The molecule has 0 spiro atoms. The SMILES string of the molecule is Cn1ccnc1CCNS(=O)(=O)c1c(Cl)cc(Br)cc1Cl. The van der Waals surface area contributed by atoms with E-state index in [0.717, 1.165) is 5.82 Å². The summed E-state index contributed by atoms with van der Waals surface area (Å²) in [5, 5.41) is 0.137. The first-order chi connectivity index (χ1) is 9.81. The Labute approximate surface area is 141 Å². The number of hydrogen-bond donors (Lipinski definition) is 1. The van der Waals surface area contributed by atoms with Gasteiger partial charge in [-0.15, -0.1) is 0 Å². The molecule has 0 fully saturated rings. The second-order valence-corrected chi connectivity index (χ2v) is 7.73. The van der Waals surface area contributed by atoms with Crippen molar-refractivity contribution in [2.24, 2.45) is 7.05 Å². The van der Waals surface area contributed by atoms with Crippen LogP contribution in [0.15, 0.2) is 33.9 Å². The highest BCUT2D eigenvalue weighted by Gasteiger charge is 2.22. The Bertz CT molecular complexity index is 739. The molecule has 1 aromatic carbocycles. The molecule has 1 aromatic heterocycles.